The molecule has 0 aliphatic rings. The first kappa shape index (κ1) is 15.9. The molecule has 1 aromatic heterocycles. The summed E-state index contributed by atoms with van der Waals surface area (Å²) in [4.78, 5) is 6.90. The summed E-state index contributed by atoms with van der Waals surface area (Å²) >= 11 is 3.03. The highest BCUT2D eigenvalue weighted by Gasteiger charge is 2.19. The lowest BCUT2D eigenvalue weighted by molar-refractivity contribution is 0.577. The number of halogens is 2. The number of nitrogens with one attached hydrogen (secondary N) is 2. The van der Waals surface area contributed by atoms with Crippen LogP contribution in [0, 0.1) is 5.82 Å². The summed E-state index contributed by atoms with van der Waals surface area (Å²) in [6.07, 6.45) is 4.55. The van der Waals surface area contributed by atoms with Crippen LogP contribution >= 0.6 is 15.9 Å². The van der Waals surface area contributed by atoms with Crippen LogP contribution in [-0.4, -0.2) is 24.9 Å². The Morgan fingerprint density at radius 1 is 1.43 bits per heavy atom. The zero-order valence-corrected chi connectivity index (χ0v) is 13.3. The summed E-state index contributed by atoms with van der Waals surface area (Å²) in [5.41, 5.74) is 5.19. The van der Waals surface area contributed by atoms with Crippen molar-refractivity contribution in [3.63, 3.8) is 0 Å². The van der Waals surface area contributed by atoms with Crippen LogP contribution in [0.5, 0.6) is 0 Å². The fraction of sp³-hybridized carbons (Fsp3) is 0.250. The number of H-pyrrole nitrogens is 1. The molecule has 21 heavy (non-hydrogen) atoms. The molecule has 1 aromatic carbocycles. The fourth-order valence-electron chi connectivity index (χ4n) is 1.73. The largest absolute Gasteiger partial charge is 0.396 e. The third kappa shape index (κ3) is 4.02. The Labute approximate surface area is 130 Å². The molecule has 0 atom stereocenters. The van der Waals surface area contributed by atoms with Gasteiger partial charge in [-0.25, -0.2) is 22.5 Å². The number of nitrogen functional groups attached to an aromatic ring is 1. The van der Waals surface area contributed by atoms with Crippen LogP contribution in [0.15, 0.2) is 33.9 Å². The monoisotopic (exact) mass is 376 g/mol. The first-order valence-electron chi connectivity index (χ1n) is 6.12. The first-order chi connectivity index (χ1) is 9.90. The van der Waals surface area contributed by atoms with Gasteiger partial charge in [-0.05, 0) is 34.5 Å². The highest BCUT2D eigenvalue weighted by molar-refractivity contribution is 9.10. The second kappa shape index (κ2) is 6.54. The highest BCUT2D eigenvalue weighted by atomic mass is 79.9. The van der Waals surface area contributed by atoms with E-state index in [1.165, 1.54) is 0 Å². The van der Waals surface area contributed by atoms with E-state index in [0.717, 1.165) is 18.0 Å². The van der Waals surface area contributed by atoms with E-state index in [9.17, 15) is 12.8 Å². The van der Waals surface area contributed by atoms with Gasteiger partial charge in [-0.1, -0.05) is 0 Å². The fourth-order valence-corrected chi connectivity index (χ4v) is 3.85. The molecule has 0 saturated carbocycles. The number of nitrogens with zero attached hydrogens (tertiary/aromatic N) is 1. The minimum atomic E-state index is -3.75. The zero-order chi connectivity index (χ0) is 15.5. The van der Waals surface area contributed by atoms with Crippen LogP contribution in [0.1, 0.15) is 12.2 Å². The maximum absolute atomic E-state index is 13.2. The number of aromatic amines is 1. The Kier molecular flexibility index (Phi) is 4.96. The predicted molar refractivity (Wildman–Crippen MR) is 80.6 cm³/mol. The molecule has 6 nitrogen and oxygen atoms in total. The normalized spacial score (nSPS) is 11.7. The van der Waals surface area contributed by atoms with Gasteiger partial charge in [0.25, 0.3) is 0 Å². The van der Waals surface area contributed by atoms with Crippen molar-refractivity contribution in [1.82, 2.24) is 14.7 Å². The van der Waals surface area contributed by atoms with Gasteiger partial charge in [0.1, 0.15) is 11.6 Å². The third-order valence-corrected chi connectivity index (χ3v) is 5.20. The summed E-state index contributed by atoms with van der Waals surface area (Å²) in [6.45, 7) is 0.243. The maximum atomic E-state index is 13.2. The van der Waals surface area contributed by atoms with E-state index in [-0.39, 0.29) is 21.6 Å². The summed E-state index contributed by atoms with van der Waals surface area (Å²) in [6, 6.07) is 2.13. The van der Waals surface area contributed by atoms with Crippen LogP contribution in [0.25, 0.3) is 0 Å². The van der Waals surface area contributed by atoms with E-state index in [4.69, 9.17) is 5.73 Å². The van der Waals surface area contributed by atoms with Crippen LogP contribution in [-0.2, 0) is 16.4 Å². The SMILES string of the molecule is Nc1cc(S(=O)(=O)NCCCc2ncc[nH]2)c(Br)cc1F. The van der Waals surface area contributed by atoms with Crippen molar-refractivity contribution in [2.45, 2.75) is 17.7 Å². The van der Waals surface area contributed by atoms with Crippen molar-refractivity contribution in [2.75, 3.05) is 12.3 Å². The summed E-state index contributed by atoms with van der Waals surface area (Å²) in [7, 11) is -3.75. The Morgan fingerprint density at radius 2 is 2.19 bits per heavy atom. The van der Waals surface area contributed by atoms with Gasteiger partial charge in [0.15, 0.2) is 0 Å². The Balaban J connectivity index is 2.00. The van der Waals surface area contributed by atoms with Gasteiger partial charge in [-0.3, -0.25) is 0 Å². The molecule has 1 heterocycles. The number of aryl methyl sites for hydroxylation is 1. The molecule has 2 aromatic rings. The lowest BCUT2D eigenvalue weighted by Gasteiger charge is -2.09. The van der Waals surface area contributed by atoms with Gasteiger partial charge in [0, 0.05) is 29.8 Å². The molecule has 0 bridgehead atoms. The molecule has 0 unspecified atom stereocenters. The molecular formula is C12H14BrFN4O2S. The standard InChI is InChI=1S/C12H14BrFN4O2S/c13-8-6-9(14)10(15)7-11(8)21(19,20)18-3-1-2-12-16-4-5-17-12/h4-7,18H,1-3,15H2,(H,16,17). The Morgan fingerprint density at radius 3 is 2.86 bits per heavy atom. The molecule has 0 amide bonds. The zero-order valence-electron chi connectivity index (χ0n) is 10.9. The number of hydrogen-bond donors (Lipinski definition) is 3. The van der Waals surface area contributed by atoms with Gasteiger partial charge >= 0.3 is 0 Å². The maximum Gasteiger partial charge on any atom is 0.241 e. The number of imidazole rings is 1. The topological polar surface area (TPSA) is 101 Å². The molecule has 0 spiro atoms. The number of aromatic nitrogens is 2. The van der Waals surface area contributed by atoms with Crippen molar-refractivity contribution < 1.29 is 12.8 Å². The quantitative estimate of drug-likeness (QED) is 0.528. The number of benzene rings is 1. The van der Waals surface area contributed by atoms with Crippen LogP contribution in [0.2, 0.25) is 0 Å². The van der Waals surface area contributed by atoms with Crippen molar-refractivity contribution in [3.05, 3.63) is 40.6 Å². The number of hydrogen-bond acceptors (Lipinski definition) is 4. The van der Waals surface area contributed by atoms with Gasteiger partial charge < -0.3 is 10.7 Å². The Hall–Kier alpha value is -1.45. The van der Waals surface area contributed by atoms with Crippen molar-refractivity contribution >= 4 is 31.6 Å². The smallest absolute Gasteiger partial charge is 0.241 e. The molecule has 114 valence electrons. The van der Waals surface area contributed by atoms with Gasteiger partial charge in [0.2, 0.25) is 10.0 Å². The van der Waals surface area contributed by atoms with Crippen LogP contribution in [0.4, 0.5) is 10.1 Å². The number of nitrogens with two attached hydrogens (primary N) is 1. The predicted octanol–water partition coefficient (Wildman–Crippen LogP) is 1.80. The number of anilines is 1. The molecule has 0 radical (unpaired) electrons. The number of sulfonamides is 1. The molecular weight excluding hydrogens is 363 g/mol. The van der Waals surface area contributed by atoms with Crippen LogP contribution < -0.4 is 10.5 Å². The second-order valence-electron chi connectivity index (χ2n) is 4.34. The summed E-state index contributed by atoms with van der Waals surface area (Å²) < 4.78 is 40.1. The average molecular weight is 377 g/mol. The van der Waals surface area contributed by atoms with E-state index in [1.807, 2.05) is 0 Å². The summed E-state index contributed by atoms with van der Waals surface area (Å²) in [5.74, 6) is 0.125. The van der Waals surface area contributed by atoms with Crippen molar-refractivity contribution in [3.8, 4) is 0 Å². The van der Waals surface area contributed by atoms with E-state index < -0.39 is 15.8 Å². The molecule has 9 heteroatoms. The average Bonchev–Trinajstić information content (AvgIpc) is 2.92. The molecule has 0 aliphatic carbocycles. The highest BCUT2D eigenvalue weighted by Crippen LogP contribution is 2.26. The lowest BCUT2D eigenvalue weighted by atomic mass is 10.3. The van der Waals surface area contributed by atoms with Crippen molar-refractivity contribution in [2.24, 2.45) is 0 Å². The van der Waals surface area contributed by atoms with E-state index >= 15 is 0 Å². The second-order valence-corrected chi connectivity index (χ2v) is 6.93. The van der Waals surface area contributed by atoms with Crippen LogP contribution in [0.3, 0.4) is 0 Å². The van der Waals surface area contributed by atoms with Gasteiger partial charge in [0.05, 0.1) is 10.6 Å². The lowest BCUT2D eigenvalue weighted by Crippen LogP contribution is -2.25. The van der Waals surface area contributed by atoms with Gasteiger partial charge in [-0.15, -0.1) is 0 Å². The van der Waals surface area contributed by atoms with E-state index in [1.54, 1.807) is 12.4 Å². The van der Waals surface area contributed by atoms with E-state index in [0.29, 0.717) is 12.8 Å². The third-order valence-electron chi connectivity index (χ3n) is 2.78. The first-order valence-corrected chi connectivity index (χ1v) is 8.40. The summed E-state index contributed by atoms with van der Waals surface area (Å²) in [5, 5.41) is 0. The Bertz CT molecular complexity index is 719. The van der Waals surface area contributed by atoms with E-state index in [2.05, 4.69) is 30.6 Å². The minimum absolute atomic E-state index is 0.0839. The van der Waals surface area contributed by atoms with Gasteiger partial charge in [-0.2, -0.15) is 0 Å². The molecule has 0 aliphatic heterocycles. The van der Waals surface area contributed by atoms with Crippen molar-refractivity contribution in [1.29, 1.82) is 0 Å². The molecule has 0 saturated heterocycles. The minimum Gasteiger partial charge on any atom is -0.396 e. The molecule has 2 rings (SSSR count). The number of rotatable bonds is 6. The molecule has 4 N–H and O–H groups in total. The molecule has 0 fully saturated rings.